The van der Waals surface area contributed by atoms with E-state index < -0.39 is 10.0 Å². The second-order valence-electron chi connectivity index (χ2n) is 4.18. The van der Waals surface area contributed by atoms with Crippen molar-refractivity contribution in [3.8, 4) is 0 Å². The second-order valence-corrected chi connectivity index (χ2v) is 6.02. The Morgan fingerprint density at radius 3 is 2.71 bits per heavy atom. The molecule has 0 unspecified atom stereocenters. The molecule has 1 aromatic rings. The summed E-state index contributed by atoms with van der Waals surface area (Å²) >= 11 is 0. The third-order valence-corrected chi connectivity index (χ3v) is 3.32. The van der Waals surface area contributed by atoms with Crippen molar-refractivity contribution in [2.45, 2.75) is 33.2 Å². The number of nitrogens with one attached hydrogen (secondary N) is 2. The molecule has 0 saturated carbocycles. The first-order valence-corrected chi connectivity index (χ1v) is 7.20. The van der Waals surface area contributed by atoms with E-state index in [-0.39, 0.29) is 11.8 Å². The fourth-order valence-corrected chi connectivity index (χ4v) is 2.22. The van der Waals surface area contributed by atoms with Crippen LogP contribution in [0.25, 0.3) is 0 Å². The van der Waals surface area contributed by atoms with Crippen LogP contribution in [-0.4, -0.2) is 31.7 Å². The molecular weight excluding hydrogens is 242 g/mol. The Bertz CT molecular complexity index is 439. The molecule has 0 aliphatic heterocycles. The lowest BCUT2D eigenvalue weighted by Crippen LogP contribution is -2.26. The molecule has 0 fully saturated rings. The normalized spacial score (nSPS) is 12.0. The van der Waals surface area contributed by atoms with Crippen molar-refractivity contribution in [3.63, 3.8) is 0 Å². The van der Waals surface area contributed by atoms with Crippen molar-refractivity contribution in [1.82, 2.24) is 10.3 Å². The summed E-state index contributed by atoms with van der Waals surface area (Å²) in [5.41, 5.74) is 0.643. The molecular formula is C10H19N3O3S. The number of hydrogen-bond donors (Lipinski definition) is 2. The first-order chi connectivity index (χ1) is 7.89. The van der Waals surface area contributed by atoms with Crippen LogP contribution < -0.4 is 10.0 Å². The Balaban J connectivity index is 2.36. The predicted octanol–water partition coefficient (Wildman–Crippen LogP) is 1.11. The molecule has 0 aliphatic rings. The van der Waals surface area contributed by atoms with Crippen molar-refractivity contribution < 1.29 is 12.8 Å². The maximum Gasteiger partial charge on any atom is 0.308 e. The fraction of sp³-hybridized carbons (Fsp3) is 0.700. The van der Waals surface area contributed by atoms with Crippen LogP contribution >= 0.6 is 0 Å². The average Bonchev–Trinajstić information content (AvgIpc) is 2.57. The Kier molecular flexibility index (Phi) is 4.95. The van der Waals surface area contributed by atoms with Gasteiger partial charge >= 0.3 is 6.01 Å². The van der Waals surface area contributed by atoms with Crippen LogP contribution in [0.15, 0.2) is 10.7 Å². The lowest BCUT2D eigenvalue weighted by molar-refractivity contribution is 0.561. The maximum absolute atomic E-state index is 11.6. The van der Waals surface area contributed by atoms with E-state index in [1.807, 2.05) is 13.8 Å². The molecule has 0 radical (unpaired) electrons. The summed E-state index contributed by atoms with van der Waals surface area (Å²) in [6, 6.07) is 0.388. The lowest BCUT2D eigenvalue weighted by atomic mass is 10.4. The molecule has 1 aromatic heterocycles. The Hall–Kier alpha value is -1.08. The SMILES string of the molecule is Cc1coc(NS(=O)(=O)CCCNC(C)C)n1. The standard InChI is InChI=1S/C10H19N3O3S/c1-8(2)11-5-4-6-17(14,15)13-10-12-9(3)7-16-10/h7-8,11H,4-6H2,1-3H3,(H,12,13). The van der Waals surface area contributed by atoms with E-state index in [4.69, 9.17) is 4.42 Å². The quantitative estimate of drug-likeness (QED) is 0.718. The van der Waals surface area contributed by atoms with Gasteiger partial charge in [-0.05, 0) is 19.9 Å². The number of aryl methyl sites for hydroxylation is 1. The fourth-order valence-electron chi connectivity index (χ4n) is 1.24. The monoisotopic (exact) mass is 261 g/mol. The third-order valence-electron chi connectivity index (χ3n) is 2.00. The van der Waals surface area contributed by atoms with E-state index in [1.54, 1.807) is 6.92 Å². The first-order valence-electron chi connectivity index (χ1n) is 5.55. The van der Waals surface area contributed by atoms with Crippen LogP contribution in [0, 0.1) is 6.92 Å². The van der Waals surface area contributed by atoms with E-state index in [0.29, 0.717) is 24.7 Å². The largest absolute Gasteiger partial charge is 0.431 e. The average molecular weight is 261 g/mol. The highest BCUT2D eigenvalue weighted by atomic mass is 32.2. The smallest absolute Gasteiger partial charge is 0.308 e. The molecule has 2 N–H and O–H groups in total. The highest BCUT2D eigenvalue weighted by molar-refractivity contribution is 7.92. The molecule has 7 heteroatoms. The number of aromatic nitrogens is 1. The van der Waals surface area contributed by atoms with Crippen LogP contribution in [0.3, 0.4) is 0 Å². The molecule has 0 amide bonds. The van der Waals surface area contributed by atoms with E-state index >= 15 is 0 Å². The van der Waals surface area contributed by atoms with Crippen molar-refractivity contribution in [3.05, 3.63) is 12.0 Å². The van der Waals surface area contributed by atoms with Crippen LogP contribution in [0.4, 0.5) is 6.01 Å². The zero-order chi connectivity index (χ0) is 12.9. The van der Waals surface area contributed by atoms with Gasteiger partial charge in [0, 0.05) is 6.04 Å². The van der Waals surface area contributed by atoms with Gasteiger partial charge in [0.15, 0.2) is 0 Å². The van der Waals surface area contributed by atoms with Gasteiger partial charge in [-0.1, -0.05) is 13.8 Å². The Labute approximate surface area is 102 Å². The zero-order valence-corrected chi connectivity index (χ0v) is 11.2. The summed E-state index contributed by atoms with van der Waals surface area (Å²) < 4.78 is 30.5. The minimum atomic E-state index is -3.37. The number of nitrogens with zero attached hydrogens (tertiary/aromatic N) is 1. The summed E-state index contributed by atoms with van der Waals surface area (Å²) in [5, 5.41) is 3.15. The lowest BCUT2D eigenvalue weighted by Gasteiger charge is -2.08. The molecule has 0 spiro atoms. The topological polar surface area (TPSA) is 84.2 Å². The van der Waals surface area contributed by atoms with Gasteiger partial charge in [0.2, 0.25) is 10.0 Å². The molecule has 0 aliphatic carbocycles. The third kappa shape index (κ3) is 5.69. The number of hydrogen-bond acceptors (Lipinski definition) is 5. The second kappa shape index (κ2) is 6.02. The van der Waals surface area contributed by atoms with Gasteiger partial charge in [-0.25, -0.2) is 13.1 Å². The molecule has 0 aromatic carbocycles. The molecule has 0 atom stereocenters. The summed E-state index contributed by atoms with van der Waals surface area (Å²) in [7, 11) is -3.37. The van der Waals surface area contributed by atoms with Gasteiger partial charge in [-0.3, -0.25) is 0 Å². The van der Waals surface area contributed by atoms with Crippen molar-refractivity contribution >= 4 is 16.0 Å². The minimum Gasteiger partial charge on any atom is -0.431 e. The van der Waals surface area contributed by atoms with Gasteiger partial charge in [-0.2, -0.15) is 4.98 Å². The van der Waals surface area contributed by atoms with Crippen LogP contribution in [-0.2, 0) is 10.0 Å². The zero-order valence-electron chi connectivity index (χ0n) is 10.4. The number of oxazole rings is 1. The molecule has 1 rings (SSSR count). The van der Waals surface area contributed by atoms with Gasteiger partial charge in [-0.15, -0.1) is 0 Å². The summed E-state index contributed by atoms with van der Waals surface area (Å²) in [6.07, 6.45) is 1.95. The molecule has 1 heterocycles. The molecule has 0 saturated heterocycles. The Morgan fingerprint density at radius 2 is 2.18 bits per heavy atom. The van der Waals surface area contributed by atoms with Crippen LogP contribution in [0.5, 0.6) is 0 Å². The number of anilines is 1. The predicted molar refractivity (Wildman–Crippen MR) is 66.4 cm³/mol. The number of sulfonamides is 1. The molecule has 98 valence electrons. The molecule has 6 nitrogen and oxygen atoms in total. The van der Waals surface area contributed by atoms with Gasteiger partial charge in [0.1, 0.15) is 6.26 Å². The van der Waals surface area contributed by atoms with Gasteiger partial charge in [0.05, 0.1) is 11.4 Å². The summed E-state index contributed by atoms with van der Waals surface area (Å²) in [6.45, 7) is 6.43. The highest BCUT2D eigenvalue weighted by Crippen LogP contribution is 2.08. The number of rotatable bonds is 7. The van der Waals surface area contributed by atoms with Crippen molar-refractivity contribution in [2.75, 3.05) is 17.0 Å². The molecule has 0 bridgehead atoms. The van der Waals surface area contributed by atoms with Crippen molar-refractivity contribution in [2.24, 2.45) is 0 Å². The maximum atomic E-state index is 11.6. The van der Waals surface area contributed by atoms with Crippen LogP contribution in [0.2, 0.25) is 0 Å². The first kappa shape index (κ1) is 14.0. The van der Waals surface area contributed by atoms with Crippen LogP contribution in [0.1, 0.15) is 26.0 Å². The van der Waals surface area contributed by atoms with Gasteiger partial charge < -0.3 is 9.73 Å². The molecule has 17 heavy (non-hydrogen) atoms. The van der Waals surface area contributed by atoms with E-state index in [9.17, 15) is 8.42 Å². The summed E-state index contributed by atoms with van der Waals surface area (Å²) in [4.78, 5) is 3.88. The van der Waals surface area contributed by atoms with Crippen molar-refractivity contribution in [1.29, 1.82) is 0 Å². The van der Waals surface area contributed by atoms with E-state index in [2.05, 4.69) is 15.0 Å². The van der Waals surface area contributed by atoms with E-state index in [0.717, 1.165) is 0 Å². The van der Waals surface area contributed by atoms with E-state index in [1.165, 1.54) is 6.26 Å². The highest BCUT2D eigenvalue weighted by Gasteiger charge is 2.13. The minimum absolute atomic E-state index is 0.0271. The summed E-state index contributed by atoms with van der Waals surface area (Å²) in [5.74, 6) is 0.0497. The van der Waals surface area contributed by atoms with Gasteiger partial charge in [0.25, 0.3) is 0 Å². The Morgan fingerprint density at radius 1 is 1.47 bits per heavy atom.